The molecule has 0 spiro atoms. The Balaban J connectivity index is 1.97. The van der Waals surface area contributed by atoms with Crippen molar-refractivity contribution in [2.45, 2.75) is 51.4 Å². The van der Waals surface area contributed by atoms with E-state index in [4.69, 9.17) is 0 Å². The van der Waals surface area contributed by atoms with Gasteiger partial charge in [-0.1, -0.05) is 0 Å². The highest BCUT2D eigenvalue weighted by Gasteiger charge is 2.04. The maximum Gasteiger partial charge on any atom is -0.0123 e. The van der Waals surface area contributed by atoms with E-state index in [0.717, 1.165) is 0 Å². The van der Waals surface area contributed by atoms with Crippen molar-refractivity contribution in [3.8, 4) is 0 Å². The molecule has 2 aliphatic carbocycles. The van der Waals surface area contributed by atoms with Crippen LogP contribution in [-0.2, 0) is 0 Å². The maximum absolute atomic E-state index is 3.37. The lowest BCUT2D eigenvalue weighted by molar-refractivity contribution is 0.886. The van der Waals surface area contributed by atoms with Crippen LogP contribution >= 0.6 is 0 Å². The van der Waals surface area contributed by atoms with Gasteiger partial charge in [-0.05, 0) is 74.7 Å². The fraction of sp³-hybridized carbons (Fsp3) is 0.571. The molecule has 0 aromatic rings. The minimum Gasteiger partial charge on any atom is -0.121 e. The van der Waals surface area contributed by atoms with Crippen molar-refractivity contribution in [1.29, 1.82) is 0 Å². The Morgan fingerprint density at radius 3 is 1.36 bits per heavy atom. The van der Waals surface area contributed by atoms with Crippen LogP contribution < -0.4 is 0 Å². The number of hydrogen-bond donors (Lipinski definition) is 0. The normalized spacial score (nSPS) is 20.6. The summed E-state index contributed by atoms with van der Waals surface area (Å²) in [4.78, 5) is 0. The molecule has 0 amide bonds. The van der Waals surface area contributed by atoms with Crippen LogP contribution in [0, 0.1) is 0 Å². The van der Waals surface area contributed by atoms with E-state index in [1.807, 2.05) is 12.2 Å². The Labute approximate surface area is 86.7 Å². The third-order valence-electron chi connectivity index (χ3n) is 3.07. The van der Waals surface area contributed by atoms with Crippen LogP contribution in [0.5, 0.6) is 0 Å². The second-order valence-electron chi connectivity index (χ2n) is 4.24. The van der Waals surface area contributed by atoms with Crippen molar-refractivity contribution in [1.82, 2.24) is 0 Å². The van der Waals surface area contributed by atoms with E-state index in [0.29, 0.717) is 0 Å². The smallest absolute Gasteiger partial charge is 0.0123 e. The molecular weight excluding hydrogens is 168 g/mol. The number of allylic oxidation sites excluding steroid dienone is 2. The van der Waals surface area contributed by atoms with Crippen molar-refractivity contribution < 1.29 is 0 Å². The van der Waals surface area contributed by atoms with Gasteiger partial charge < -0.3 is 0 Å². The molecule has 0 heteroatoms. The van der Waals surface area contributed by atoms with E-state index in [9.17, 15) is 0 Å². The van der Waals surface area contributed by atoms with Crippen molar-refractivity contribution >= 4 is 0 Å². The van der Waals surface area contributed by atoms with Gasteiger partial charge in [-0.25, -0.2) is 0 Å². The fourth-order valence-electron chi connectivity index (χ4n) is 2.21. The van der Waals surface area contributed by atoms with Gasteiger partial charge in [-0.2, -0.15) is 0 Å². The van der Waals surface area contributed by atoms with E-state index in [1.165, 1.54) is 62.5 Å². The zero-order valence-corrected chi connectivity index (χ0v) is 8.81. The first-order valence-electron chi connectivity index (χ1n) is 5.82. The molecule has 0 unspecified atom stereocenters. The van der Waals surface area contributed by atoms with Gasteiger partial charge in [0.25, 0.3) is 0 Å². The highest BCUT2D eigenvalue weighted by atomic mass is 14.1. The van der Waals surface area contributed by atoms with Gasteiger partial charge in [0.2, 0.25) is 0 Å². The molecule has 0 saturated heterocycles. The average molecular weight is 186 g/mol. The van der Waals surface area contributed by atoms with Gasteiger partial charge in [0.1, 0.15) is 0 Å². The van der Waals surface area contributed by atoms with Crippen molar-refractivity contribution in [2.24, 2.45) is 0 Å². The molecule has 2 aliphatic rings. The van der Waals surface area contributed by atoms with Crippen LogP contribution in [0.3, 0.4) is 0 Å². The summed E-state index contributed by atoms with van der Waals surface area (Å²) in [5.74, 6) is 0. The van der Waals surface area contributed by atoms with Crippen LogP contribution in [0.15, 0.2) is 34.8 Å². The molecule has 0 radical (unpaired) electrons. The summed E-state index contributed by atoms with van der Waals surface area (Å²) in [6.07, 6.45) is 14.6. The molecular formula is C14H18. The number of rotatable bonds is 1. The van der Waals surface area contributed by atoms with E-state index in [-0.39, 0.29) is 0 Å². The monoisotopic (exact) mass is 186 g/mol. The summed E-state index contributed by atoms with van der Waals surface area (Å²) >= 11 is 0. The second-order valence-corrected chi connectivity index (χ2v) is 4.24. The molecule has 2 rings (SSSR count). The zero-order chi connectivity index (χ0) is 9.64. The molecule has 0 aromatic carbocycles. The van der Waals surface area contributed by atoms with Crippen molar-refractivity contribution in [2.75, 3.05) is 0 Å². The summed E-state index contributed by atoms with van der Waals surface area (Å²) < 4.78 is 0. The summed E-state index contributed by atoms with van der Waals surface area (Å²) in [6, 6.07) is 0. The van der Waals surface area contributed by atoms with Gasteiger partial charge >= 0.3 is 0 Å². The molecule has 0 heterocycles. The molecule has 74 valence electrons. The third-order valence-corrected chi connectivity index (χ3v) is 3.07. The largest absolute Gasteiger partial charge is 0.121 e. The molecule has 0 aromatic heterocycles. The molecule has 0 bridgehead atoms. The maximum atomic E-state index is 3.37. The van der Waals surface area contributed by atoms with Crippen LogP contribution in [0.2, 0.25) is 0 Å². The summed E-state index contributed by atoms with van der Waals surface area (Å²) in [5.41, 5.74) is 9.73. The summed E-state index contributed by atoms with van der Waals surface area (Å²) in [6.45, 7) is 0. The van der Waals surface area contributed by atoms with Crippen LogP contribution in [-0.4, -0.2) is 0 Å². The van der Waals surface area contributed by atoms with Crippen molar-refractivity contribution in [3.63, 3.8) is 0 Å². The van der Waals surface area contributed by atoms with Crippen LogP contribution in [0.1, 0.15) is 51.4 Å². The van der Waals surface area contributed by atoms with E-state index < -0.39 is 0 Å². The molecule has 0 nitrogen and oxygen atoms in total. The van der Waals surface area contributed by atoms with Gasteiger partial charge in [-0.3, -0.25) is 0 Å². The summed E-state index contributed by atoms with van der Waals surface area (Å²) in [5, 5.41) is 0. The quantitative estimate of drug-likeness (QED) is 0.423. The Morgan fingerprint density at radius 1 is 0.643 bits per heavy atom. The third kappa shape index (κ3) is 2.77. The lowest BCUT2D eigenvalue weighted by Gasteiger charge is -1.84. The summed E-state index contributed by atoms with van der Waals surface area (Å²) in [7, 11) is 0. The molecule has 0 atom stereocenters. The van der Waals surface area contributed by atoms with Gasteiger partial charge in [-0.15, -0.1) is 11.5 Å². The van der Waals surface area contributed by atoms with Crippen molar-refractivity contribution in [3.05, 3.63) is 34.8 Å². The average Bonchev–Trinajstić information content (AvgIpc) is 2.86. The highest BCUT2D eigenvalue weighted by Crippen LogP contribution is 2.23. The van der Waals surface area contributed by atoms with Gasteiger partial charge in [0.15, 0.2) is 0 Å². The van der Waals surface area contributed by atoms with Gasteiger partial charge in [0.05, 0.1) is 0 Å². The molecule has 0 aliphatic heterocycles. The standard InChI is InChI=1S/C14H18/c1-2-8-13(7-1)11-5-6-12-14-9-3-4-10-14/h5-6H,1-4,7-10H2. The first kappa shape index (κ1) is 9.59. The Morgan fingerprint density at radius 2 is 1.00 bits per heavy atom. The van der Waals surface area contributed by atoms with E-state index >= 15 is 0 Å². The second kappa shape index (κ2) is 5.05. The first-order valence-corrected chi connectivity index (χ1v) is 5.82. The lowest BCUT2D eigenvalue weighted by atomic mass is 10.2. The lowest BCUT2D eigenvalue weighted by Crippen LogP contribution is -1.65. The predicted molar refractivity (Wildman–Crippen MR) is 60.1 cm³/mol. The molecule has 14 heavy (non-hydrogen) atoms. The Bertz CT molecular complexity index is 268. The first-order chi connectivity index (χ1) is 6.95. The van der Waals surface area contributed by atoms with Crippen LogP contribution in [0.25, 0.3) is 0 Å². The zero-order valence-electron chi connectivity index (χ0n) is 8.81. The molecule has 2 fully saturated rings. The Kier molecular flexibility index (Phi) is 3.46. The van der Waals surface area contributed by atoms with E-state index in [2.05, 4.69) is 11.5 Å². The highest BCUT2D eigenvalue weighted by molar-refractivity contribution is 5.14. The SMILES string of the molecule is C(=CC=C=C1CCCC1)=C1CCCC1. The Hall–Kier alpha value is -0.960. The molecule has 0 N–H and O–H groups in total. The number of hydrogen-bond acceptors (Lipinski definition) is 0. The van der Waals surface area contributed by atoms with Crippen LogP contribution in [0.4, 0.5) is 0 Å². The fourth-order valence-corrected chi connectivity index (χ4v) is 2.21. The minimum absolute atomic E-state index is 1.26. The molecule has 2 saturated carbocycles. The van der Waals surface area contributed by atoms with E-state index in [1.54, 1.807) is 0 Å². The topological polar surface area (TPSA) is 0 Å². The minimum atomic E-state index is 1.26. The van der Waals surface area contributed by atoms with Gasteiger partial charge in [0, 0.05) is 0 Å². The predicted octanol–water partition coefficient (Wildman–Crippen LogP) is 4.30.